The quantitative estimate of drug-likeness (QED) is 0.819. The number of nitrogen functional groups attached to an aromatic ring is 1. The molecule has 1 aromatic heterocycles. The fourth-order valence-electron chi connectivity index (χ4n) is 1.08. The first kappa shape index (κ1) is 12.6. The van der Waals surface area contributed by atoms with Crippen molar-refractivity contribution in [1.29, 1.82) is 0 Å². The lowest BCUT2D eigenvalue weighted by Crippen LogP contribution is -2.30. The summed E-state index contributed by atoms with van der Waals surface area (Å²) < 4.78 is 11.9. The number of rotatable bonds is 4. The lowest BCUT2D eigenvalue weighted by Gasteiger charge is -2.14. The van der Waals surface area contributed by atoms with Crippen LogP contribution >= 0.6 is 0 Å². The first-order valence-corrected chi connectivity index (χ1v) is 6.20. The summed E-state index contributed by atoms with van der Waals surface area (Å²) in [5, 5.41) is 0. The summed E-state index contributed by atoms with van der Waals surface area (Å²) in [4.78, 5) is 17.3. The molecule has 5 nitrogen and oxygen atoms in total. The van der Waals surface area contributed by atoms with Gasteiger partial charge in [-0.2, -0.15) is 0 Å². The SMILES string of the molecule is CCN(C)C(=O)CS(=O)c1ccncc1N. The van der Waals surface area contributed by atoms with Crippen LogP contribution in [-0.4, -0.2) is 39.3 Å². The maximum atomic E-state index is 11.9. The summed E-state index contributed by atoms with van der Waals surface area (Å²) in [6.07, 6.45) is 2.94. The Morgan fingerprint density at radius 1 is 1.62 bits per heavy atom. The number of aromatic nitrogens is 1. The number of hydrogen-bond donors (Lipinski definition) is 1. The molecule has 0 bridgehead atoms. The highest BCUT2D eigenvalue weighted by Gasteiger charge is 2.14. The molecule has 16 heavy (non-hydrogen) atoms. The zero-order valence-corrected chi connectivity index (χ0v) is 10.2. The van der Waals surface area contributed by atoms with Gasteiger partial charge in [-0.25, -0.2) is 0 Å². The van der Waals surface area contributed by atoms with Crippen LogP contribution in [-0.2, 0) is 15.6 Å². The summed E-state index contributed by atoms with van der Waals surface area (Å²) in [5.74, 6) is -0.199. The van der Waals surface area contributed by atoms with E-state index in [4.69, 9.17) is 5.73 Å². The second kappa shape index (κ2) is 5.60. The fourth-order valence-corrected chi connectivity index (χ4v) is 2.21. The number of nitrogens with two attached hydrogens (primary N) is 1. The number of nitrogens with zero attached hydrogens (tertiary/aromatic N) is 2. The van der Waals surface area contributed by atoms with Crippen molar-refractivity contribution in [3.63, 3.8) is 0 Å². The number of carbonyl (C=O) groups is 1. The number of pyridine rings is 1. The van der Waals surface area contributed by atoms with E-state index in [2.05, 4.69) is 4.98 Å². The molecular weight excluding hydrogens is 226 g/mol. The Balaban J connectivity index is 2.74. The molecule has 6 heteroatoms. The molecule has 0 aliphatic rings. The minimum Gasteiger partial charge on any atom is -0.396 e. The van der Waals surface area contributed by atoms with Gasteiger partial charge < -0.3 is 10.6 Å². The molecule has 2 N–H and O–H groups in total. The second-order valence-corrected chi connectivity index (χ2v) is 4.73. The van der Waals surface area contributed by atoms with Gasteiger partial charge in [0.05, 0.1) is 27.6 Å². The van der Waals surface area contributed by atoms with Crippen molar-refractivity contribution < 1.29 is 9.00 Å². The molecule has 0 radical (unpaired) electrons. The summed E-state index contributed by atoms with van der Waals surface area (Å²) >= 11 is 0. The number of hydrogen-bond acceptors (Lipinski definition) is 4. The lowest BCUT2D eigenvalue weighted by molar-refractivity contribution is -0.126. The smallest absolute Gasteiger partial charge is 0.235 e. The maximum Gasteiger partial charge on any atom is 0.235 e. The fraction of sp³-hybridized carbons (Fsp3) is 0.400. The van der Waals surface area contributed by atoms with Crippen molar-refractivity contribution in [2.24, 2.45) is 0 Å². The van der Waals surface area contributed by atoms with Crippen LogP contribution in [0.4, 0.5) is 5.69 Å². The van der Waals surface area contributed by atoms with Crippen molar-refractivity contribution in [2.75, 3.05) is 25.1 Å². The van der Waals surface area contributed by atoms with Crippen LogP contribution < -0.4 is 5.73 Å². The Bertz CT molecular complexity index is 409. The van der Waals surface area contributed by atoms with Gasteiger partial charge in [-0.05, 0) is 13.0 Å². The Hall–Kier alpha value is -1.43. The van der Waals surface area contributed by atoms with E-state index in [1.165, 1.54) is 17.3 Å². The van der Waals surface area contributed by atoms with E-state index in [9.17, 15) is 9.00 Å². The van der Waals surface area contributed by atoms with Gasteiger partial charge in [0.15, 0.2) is 0 Å². The zero-order valence-electron chi connectivity index (χ0n) is 9.34. The molecule has 1 aromatic rings. The van der Waals surface area contributed by atoms with Crippen LogP contribution in [0.15, 0.2) is 23.4 Å². The van der Waals surface area contributed by atoms with Crippen LogP contribution in [0, 0.1) is 0 Å². The van der Waals surface area contributed by atoms with Gasteiger partial charge >= 0.3 is 0 Å². The first-order chi connectivity index (χ1) is 7.56. The minimum atomic E-state index is -1.40. The predicted molar refractivity (Wildman–Crippen MR) is 63.2 cm³/mol. The highest BCUT2D eigenvalue weighted by atomic mass is 32.2. The third-order valence-electron chi connectivity index (χ3n) is 2.21. The molecule has 0 aliphatic heterocycles. The van der Waals surface area contributed by atoms with Gasteiger partial charge in [0.25, 0.3) is 0 Å². The van der Waals surface area contributed by atoms with Gasteiger partial charge in [-0.1, -0.05) is 0 Å². The summed E-state index contributed by atoms with van der Waals surface area (Å²) in [6, 6.07) is 1.57. The highest BCUT2D eigenvalue weighted by molar-refractivity contribution is 7.86. The van der Waals surface area contributed by atoms with Crippen LogP contribution in [0.2, 0.25) is 0 Å². The summed E-state index contributed by atoms with van der Waals surface area (Å²) in [7, 11) is 0.273. The normalized spacial score (nSPS) is 12.1. The van der Waals surface area contributed by atoms with E-state index in [0.29, 0.717) is 17.1 Å². The molecule has 0 aliphatic carbocycles. The van der Waals surface area contributed by atoms with Crippen molar-refractivity contribution >= 4 is 22.4 Å². The van der Waals surface area contributed by atoms with Crippen molar-refractivity contribution in [2.45, 2.75) is 11.8 Å². The molecule has 1 amide bonds. The zero-order chi connectivity index (χ0) is 12.1. The largest absolute Gasteiger partial charge is 0.396 e. The van der Waals surface area contributed by atoms with E-state index >= 15 is 0 Å². The second-order valence-electron chi connectivity index (χ2n) is 3.31. The molecule has 1 unspecified atom stereocenters. The molecule has 0 saturated heterocycles. The van der Waals surface area contributed by atoms with E-state index in [-0.39, 0.29) is 11.7 Å². The molecule has 88 valence electrons. The average Bonchev–Trinajstić information content (AvgIpc) is 2.28. The first-order valence-electron chi connectivity index (χ1n) is 4.88. The molecule has 0 fully saturated rings. The number of anilines is 1. The van der Waals surface area contributed by atoms with E-state index < -0.39 is 10.8 Å². The maximum absolute atomic E-state index is 11.9. The van der Waals surface area contributed by atoms with E-state index in [1.807, 2.05) is 6.92 Å². The third-order valence-corrected chi connectivity index (χ3v) is 3.58. The van der Waals surface area contributed by atoms with E-state index in [1.54, 1.807) is 13.1 Å². The van der Waals surface area contributed by atoms with Crippen molar-refractivity contribution in [3.8, 4) is 0 Å². The van der Waals surface area contributed by atoms with Gasteiger partial charge in [-0.15, -0.1) is 0 Å². The summed E-state index contributed by atoms with van der Waals surface area (Å²) in [5.41, 5.74) is 5.98. The molecular formula is C10H15N3O2S. The molecule has 0 aromatic carbocycles. The Kier molecular flexibility index (Phi) is 4.42. The van der Waals surface area contributed by atoms with Crippen molar-refractivity contribution in [3.05, 3.63) is 18.5 Å². The average molecular weight is 241 g/mol. The molecule has 1 rings (SSSR count). The van der Waals surface area contributed by atoms with Crippen LogP contribution in [0.3, 0.4) is 0 Å². The highest BCUT2D eigenvalue weighted by Crippen LogP contribution is 2.14. The van der Waals surface area contributed by atoms with Crippen molar-refractivity contribution in [1.82, 2.24) is 9.88 Å². The van der Waals surface area contributed by atoms with Gasteiger partial charge in [0, 0.05) is 19.8 Å². The van der Waals surface area contributed by atoms with Gasteiger partial charge in [-0.3, -0.25) is 14.0 Å². The minimum absolute atomic E-state index is 0.0431. The molecule has 0 saturated carbocycles. The summed E-state index contributed by atoms with van der Waals surface area (Å²) in [6.45, 7) is 2.46. The van der Waals surface area contributed by atoms with E-state index in [0.717, 1.165) is 0 Å². The molecule has 0 spiro atoms. The lowest BCUT2D eigenvalue weighted by atomic mass is 10.4. The Morgan fingerprint density at radius 2 is 2.31 bits per heavy atom. The topological polar surface area (TPSA) is 76.3 Å². The van der Waals surface area contributed by atoms with Gasteiger partial charge in [0.2, 0.25) is 5.91 Å². The third kappa shape index (κ3) is 3.03. The monoisotopic (exact) mass is 241 g/mol. The Labute approximate surface area is 97.1 Å². The molecule has 1 atom stereocenters. The molecule has 1 heterocycles. The number of carbonyl (C=O) groups excluding carboxylic acids is 1. The van der Waals surface area contributed by atoms with Crippen LogP contribution in [0.5, 0.6) is 0 Å². The van der Waals surface area contributed by atoms with Crippen LogP contribution in [0.25, 0.3) is 0 Å². The standard InChI is InChI=1S/C10H15N3O2S/c1-3-13(2)10(14)7-16(15)9-4-5-12-6-8(9)11/h4-6H,3,7,11H2,1-2H3. The Morgan fingerprint density at radius 3 is 2.88 bits per heavy atom. The predicted octanol–water partition coefficient (Wildman–Crippen LogP) is 0.250. The van der Waals surface area contributed by atoms with Gasteiger partial charge in [0.1, 0.15) is 5.75 Å². The number of amides is 1. The van der Waals surface area contributed by atoms with Crippen LogP contribution in [0.1, 0.15) is 6.92 Å².